The van der Waals surface area contributed by atoms with E-state index in [1.165, 1.54) is 12.1 Å². The fourth-order valence-electron chi connectivity index (χ4n) is 2.71. The first-order valence-corrected chi connectivity index (χ1v) is 7.82. The second-order valence-electron chi connectivity index (χ2n) is 5.98. The molecule has 2 heterocycles. The summed E-state index contributed by atoms with van der Waals surface area (Å²) in [6.45, 7) is 0. The van der Waals surface area contributed by atoms with Crippen LogP contribution in [0.4, 0.5) is 10.3 Å². The van der Waals surface area contributed by atoms with Gasteiger partial charge in [0.1, 0.15) is 22.8 Å². The number of fused-ring (bicyclic) bond motifs is 1. The van der Waals surface area contributed by atoms with Crippen LogP contribution in [-0.2, 0) is 6.42 Å². The van der Waals surface area contributed by atoms with Gasteiger partial charge in [-0.25, -0.2) is 14.4 Å². The maximum Gasteiger partial charge on any atom is 0.221 e. The van der Waals surface area contributed by atoms with Crippen molar-refractivity contribution in [3.05, 3.63) is 47.2 Å². The number of Topliss-reactive ketones (excluding diaryl/α,β-unsaturated/α-hetero) is 1. The average molecular weight is 326 g/mol. The third-order valence-electron chi connectivity index (χ3n) is 4.12. The van der Waals surface area contributed by atoms with E-state index in [4.69, 9.17) is 10.3 Å². The first-order chi connectivity index (χ1) is 11.6. The molecule has 2 aromatic heterocycles. The Morgan fingerprint density at radius 2 is 2.17 bits per heavy atom. The van der Waals surface area contributed by atoms with Crippen LogP contribution in [0.2, 0.25) is 0 Å². The lowest BCUT2D eigenvalue weighted by Gasteiger charge is -2.06. The standard InChI is InChI=1S/C17H15FN4O2/c18-12-3-1-2-11-15(12)20-17(19)21-16(11)13(23)7-6-10-8-14(24-22-10)9-4-5-9/h1-3,8-9H,4-7H2,(H2,19,20,21). The van der Waals surface area contributed by atoms with Gasteiger partial charge in [0.2, 0.25) is 5.95 Å². The first kappa shape index (κ1) is 14.7. The molecule has 1 saturated carbocycles. The Morgan fingerprint density at radius 3 is 2.96 bits per heavy atom. The molecule has 0 saturated heterocycles. The molecule has 7 heteroatoms. The Balaban J connectivity index is 1.57. The Bertz CT molecular complexity index is 933. The van der Waals surface area contributed by atoms with E-state index >= 15 is 0 Å². The zero-order valence-corrected chi connectivity index (χ0v) is 12.8. The van der Waals surface area contributed by atoms with Crippen molar-refractivity contribution >= 4 is 22.6 Å². The predicted molar refractivity (Wildman–Crippen MR) is 85.0 cm³/mol. The van der Waals surface area contributed by atoms with Crippen LogP contribution >= 0.6 is 0 Å². The van der Waals surface area contributed by atoms with Crippen molar-refractivity contribution in [2.75, 3.05) is 5.73 Å². The molecule has 6 nitrogen and oxygen atoms in total. The highest BCUT2D eigenvalue weighted by atomic mass is 19.1. The quantitative estimate of drug-likeness (QED) is 0.724. The number of nitrogen functional groups attached to an aromatic ring is 1. The summed E-state index contributed by atoms with van der Waals surface area (Å²) < 4.78 is 19.1. The number of carbonyl (C=O) groups excluding carboxylic acids is 1. The minimum atomic E-state index is -0.527. The molecule has 2 N–H and O–H groups in total. The van der Waals surface area contributed by atoms with E-state index in [0.717, 1.165) is 24.3 Å². The van der Waals surface area contributed by atoms with Crippen LogP contribution in [0.1, 0.15) is 47.1 Å². The summed E-state index contributed by atoms with van der Waals surface area (Å²) in [6.07, 6.45) is 2.89. The van der Waals surface area contributed by atoms with E-state index < -0.39 is 5.82 Å². The van der Waals surface area contributed by atoms with Gasteiger partial charge in [-0.1, -0.05) is 17.3 Å². The molecule has 1 aromatic carbocycles. The summed E-state index contributed by atoms with van der Waals surface area (Å²) in [7, 11) is 0. The average Bonchev–Trinajstić information content (AvgIpc) is 3.31. The van der Waals surface area contributed by atoms with Gasteiger partial charge >= 0.3 is 0 Å². The normalized spacial score (nSPS) is 14.2. The van der Waals surface area contributed by atoms with Crippen molar-refractivity contribution in [3.63, 3.8) is 0 Å². The molecule has 1 aliphatic rings. The van der Waals surface area contributed by atoms with Crippen LogP contribution in [0.3, 0.4) is 0 Å². The smallest absolute Gasteiger partial charge is 0.221 e. The maximum atomic E-state index is 13.9. The largest absolute Gasteiger partial charge is 0.368 e. The Morgan fingerprint density at radius 1 is 1.33 bits per heavy atom. The SMILES string of the molecule is Nc1nc(C(=O)CCc2cc(C3CC3)on2)c2cccc(F)c2n1. The van der Waals surface area contributed by atoms with Crippen LogP contribution in [0.25, 0.3) is 10.9 Å². The molecule has 0 bridgehead atoms. The highest BCUT2D eigenvalue weighted by Crippen LogP contribution is 2.40. The number of anilines is 1. The van der Waals surface area contributed by atoms with Crippen LogP contribution in [0, 0.1) is 5.82 Å². The number of aryl methyl sites for hydroxylation is 1. The first-order valence-electron chi connectivity index (χ1n) is 7.82. The maximum absolute atomic E-state index is 13.9. The highest BCUT2D eigenvalue weighted by Gasteiger charge is 2.28. The topological polar surface area (TPSA) is 94.9 Å². The van der Waals surface area contributed by atoms with Gasteiger partial charge in [-0.15, -0.1) is 0 Å². The number of hydrogen-bond donors (Lipinski definition) is 1. The summed E-state index contributed by atoms with van der Waals surface area (Å²) in [6, 6.07) is 6.31. The molecule has 3 aromatic rings. The van der Waals surface area contributed by atoms with E-state index in [0.29, 0.717) is 17.7 Å². The monoisotopic (exact) mass is 326 g/mol. The minimum Gasteiger partial charge on any atom is -0.368 e. The fourth-order valence-corrected chi connectivity index (χ4v) is 2.71. The second kappa shape index (κ2) is 5.67. The molecule has 0 radical (unpaired) electrons. The van der Waals surface area contributed by atoms with Crippen molar-refractivity contribution in [3.8, 4) is 0 Å². The number of ketones is 1. The van der Waals surface area contributed by atoms with Gasteiger partial charge in [0.25, 0.3) is 0 Å². The lowest BCUT2D eigenvalue weighted by molar-refractivity contribution is 0.0979. The number of carbonyl (C=O) groups is 1. The van der Waals surface area contributed by atoms with E-state index in [1.54, 1.807) is 6.07 Å². The number of hydrogen-bond acceptors (Lipinski definition) is 6. The number of halogens is 1. The highest BCUT2D eigenvalue weighted by molar-refractivity contribution is 6.05. The number of rotatable bonds is 5. The Hall–Kier alpha value is -2.83. The van der Waals surface area contributed by atoms with Crippen molar-refractivity contribution in [1.29, 1.82) is 0 Å². The zero-order valence-electron chi connectivity index (χ0n) is 12.8. The number of nitrogens with zero attached hydrogens (tertiary/aromatic N) is 3. The van der Waals surface area contributed by atoms with E-state index in [-0.39, 0.29) is 29.4 Å². The van der Waals surface area contributed by atoms with Gasteiger partial charge in [-0.2, -0.15) is 0 Å². The molecule has 1 aliphatic carbocycles. The molecular weight excluding hydrogens is 311 g/mol. The molecule has 122 valence electrons. The van der Waals surface area contributed by atoms with Crippen molar-refractivity contribution in [2.24, 2.45) is 0 Å². The molecular formula is C17H15FN4O2. The molecule has 1 fully saturated rings. The van der Waals surface area contributed by atoms with Gasteiger partial charge in [-0.05, 0) is 18.9 Å². The number of nitrogens with two attached hydrogens (primary N) is 1. The number of para-hydroxylation sites is 1. The molecule has 24 heavy (non-hydrogen) atoms. The zero-order chi connectivity index (χ0) is 16.7. The minimum absolute atomic E-state index is 0.0609. The number of aromatic nitrogens is 3. The summed E-state index contributed by atoms with van der Waals surface area (Å²) in [5.74, 6) is 0.497. The van der Waals surface area contributed by atoms with Crippen molar-refractivity contribution in [1.82, 2.24) is 15.1 Å². The van der Waals surface area contributed by atoms with E-state index in [2.05, 4.69) is 15.1 Å². The third kappa shape index (κ3) is 2.73. The van der Waals surface area contributed by atoms with Crippen LogP contribution in [0.15, 0.2) is 28.8 Å². The predicted octanol–water partition coefficient (Wildman–Crippen LogP) is 3.03. The van der Waals surface area contributed by atoms with E-state index in [9.17, 15) is 9.18 Å². The lowest BCUT2D eigenvalue weighted by atomic mass is 10.1. The molecule has 0 atom stereocenters. The Kier molecular flexibility index (Phi) is 3.48. The molecule has 0 spiro atoms. The fraction of sp³-hybridized carbons (Fsp3) is 0.294. The second-order valence-corrected chi connectivity index (χ2v) is 5.98. The van der Waals surface area contributed by atoms with Gasteiger partial charge < -0.3 is 10.3 Å². The number of benzene rings is 1. The molecule has 0 unspecified atom stereocenters. The third-order valence-corrected chi connectivity index (χ3v) is 4.12. The van der Waals surface area contributed by atoms with Gasteiger partial charge in [0.15, 0.2) is 5.78 Å². The van der Waals surface area contributed by atoms with E-state index in [1.807, 2.05) is 6.07 Å². The Labute approximate surface area is 136 Å². The summed E-state index contributed by atoms with van der Waals surface area (Å²) in [5.41, 5.74) is 6.55. The summed E-state index contributed by atoms with van der Waals surface area (Å²) >= 11 is 0. The van der Waals surface area contributed by atoms with Crippen molar-refractivity contribution < 1.29 is 13.7 Å². The summed E-state index contributed by atoms with van der Waals surface area (Å²) in [4.78, 5) is 20.4. The summed E-state index contributed by atoms with van der Waals surface area (Å²) in [5, 5.41) is 4.36. The lowest BCUT2D eigenvalue weighted by Crippen LogP contribution is -2.09. The van der Waals surface area contributed by atoms with Crippen LogP contribution in [-0.4, -0.2) is 20.9 Å². The van der Waals surface area contributed by atoms with Gasteiger partial charge in [0, 0.05) is 30.2 Å². The van der Waals surface area contributed by atoms with Gasteiger partial charge in [-0.3, -0.25) is 4.79 Å². The van der Waals surface area contributed by atoms with Crippen LogP contribution < -0.4 is 5.73 Å². The molecule has 4 rings (SSSR count). The van der Waals surface area contributed by atoms with Gasteiger partial charge in [0.05, 0.1) is 5.69 Å². The van der Waals surface area contributed by atoms with Crippen molar-refractivity contribution in [2.45, 2.75) is 31.6 Å². The molecule has 0 aliphatic heterocycles. The van der Waals surface area contributed by atoms with Crippen LogP contribution in [0.5, 0.6) is 0 Å². The molecule has 0 amide bonds.